The second-order valence-electron chi connectivity index (χ2n) is 3.13. The normalized spacial score (nSPS) is 19.1. The molecule has 1 fully saturated rings. The highest BCUT2D eigenvalue weighted by atomic mass is 32.1. The van der Waals surface area contributed by atoms with E-state index in [4.69, 9.17) is 12.2 Å². The zero-order valence-electron chi connectivity index (χ0n) is 7.99. The molecule has 4 heteroatoms. The summed E-state index contributed by atoms with van der Waals surface area (Å²) in [6.45, 7) is 3.99. The second-order valence-corrected chi connectivity index (χ2v) is 4.50. The van der Waals surface area contributed by atoms with Gasteiger partial charge in [-0.25, -0.2) is 0 Å². The zero-order chi connectivity index (χ0) is 9.97. The molecule has 0 unspecified atom stereocenters. The van der Waals surface area contributed by atoms with Crippen molar-refractivity contribution in [1.29, 1.82) is 0 Å². The second kappa shape index (κ2) is 4.11. The van der Waals surface area contributed by atoms with Crippen LogP contribution in [0, 0.1) is 0 Å². The van der Waals surface area contributed by atoms with Crippen molar-refractivity contribution in [1.82, 2.24) is 10.2 Å². The molecule has 0 radical (unpaired) electrons. The Bertz CT molecular complexity index is 354. The first-order valence-electron chi connectivity index (χ1n) is 4.59. The Morgan fingerprint density at radius 1 is 1.71 bits per heavy atom. The molecule has 0 saturated carbocycles. The SMILES string of the molecule is CCN1C/C(=C/c2cccs2)NC1=S. The number of rotatable bonds is 2. The third-order valence-corrected chi connectivity index (χ3v) is 3.34. The van der Waals surface area contributed by atoms with E-state index < -0.39 is 0 Å². The van der Waals surface area contributed by atoms with Crippen molar-refractivity contribution < 1.29 is 0 Å². The minimum Gasteiger partial charge on any atom is -0.343 e. The first-order chi connectivity index (χ1) is 6.79. The molecule has 1 N–H and O–H groups in total. The maximum Gasteiger partial charge on any atom is 0.173 e. The predicted molar refractivity (Wildman–Crippen MR) is 65.3 cm³/mol. The van der Waals surface area contributed by atoms with Crippen LogP contribution in [0.25, 0.3) is 6.08 Å². The lowest BCUT2D eigenvalue weighted by Crippen LogP contribution is -2.27. The average molecular weight is 224 g/mol. The van der Waals surface area contributed by atoms with Crippen molar-refractivity contribution in [2.45, 2.75) is 6.92 Å². The molecule has 1 saturated heterocycles. The fraction of sp³-hybridized carbons (Fsp3) is 0.300. The topological polar surface area (TPSA) is 15.3 Å². The molecule has 0 spiro atoms. The van der Waals surface area contributed by atoms with Gasteiger partial charge in [0.15, 0.2) is 5.11 Å². The van der Waals surface area contributed by atoms with Gasteiger partial charge >= 0.3 is 0 Å². The van der Waals surface area contributed by atoms with Crippen LogP contribution in [0.5, 0.6) is 0 Å². The number of hydrogen-bond acceptors (Lipinski definition) is 2. The molecule has 74 valence electrons. The van der Waals surface area contributed by atoms with Gasteiger partial charge in [-0.15, -0.1) is 11.3 Å². The van der Waals surface area contributed by atoms with E-state index in [2.05, 4.69) is 40.7 Å². The predicted octanol–water partition coefficient (Wildman–Crippen LogP) is 2.30. The fourth-order valence-corrected chi connectivity index (χ4v) is 2.42. The Morgan fingerprint density at radius 3 is 3.14 bits per heavy atom. The van der Waals surface area contributed by atoms with Gasteiger partial charge in [0.2, 0.25) is 0 Å². The van der Waals surface area contributed by atoms with Gasteiger partial charge in [-0.3, -0.25) is 0 Å². The van der Waals surface area contributed by atoms with Gasteiger partial charge in [0, 0.05) is 17.1 Å². The lowest BCUT2D eigenvalue weighted by Gasteiger charge is -2.11. The van der Waals surface area contributed by atoms with Crippen molar-refractivity contribution >= 4 is 34.7 Å². The molecule has 1 aromatic rings. The molecule has 2 rings (SSSR count). The summed E-state index contributed by atoms with van der Waals surface area (Å²) in [4.78, 5) is 3.42. The van der Waals surface area contributed by atoms with E-state index in [-0.39, 0.29) is 0 Å². The number of nitrogens with one attached hydrogen (secondary N) is 1. The first kappa shape index (κ1) is 9.68. The molecule has 1 aromatic heterocycles. The number of likely N-dealkylation sites (N-methyl/N-ethyl adjacent to an activating group) is 1. The van der Waals surface area contributed by atoms with Crippen LogP contribution in [0.2, 0.25) is 0 Å². The van der Waals surface area contributed by atoms with Crippen LogP contribution < -0.4 is 5.32 Å². The van der Waals surface area contributed by atoms with Crippen LogP contribution in [-0.4, -0.2) is 23.1 Å². The first-order valence-corrected chi connectivity index (χ1v) is 5.88. The maximum atomic E-state index is 5.19. The highest BCUT2D eigenvalue weighted by Gasteiger charge is 2.18. The van der Waals surface area contributed by atoms with E-state index in [0.29, 0.717) is 0 Å². The van der Waals surface area contributed by atoms with Crippen molar-refractivity contribution in [3.63, 3.8) is 0 Å². The summed E-state index contributed by atoms with van der Waals surface area (Å²) in [5.41, 5.74) is 1.19. The molecule has 0 aliphatic carbocycles. The Morgan fingerprint density at radius 2 is 2.57 bits per heavy atom. The van der Waals surface area contributed by atoms with Gasteiger partial charge in [-0.1, -0.05) is 6.07 Å². The zero-order valence-corrected chi connectivity index (χ0v) is 9.62. The van der Waals surface area contributed by atoms with Crippen LogP contribution in [0.3, 0.4) is 0 Å². The van der Waals surface area contributed by atoms with E-state index in [1.54, 1.807) is 11.3 Å². The highest BCUT2D eigenvalue weighted by Crippen LogP contribution is 2.15. The van der Waals surface area contributed by atoms with Gasteiger partial charge in [-0.2, -0.15) is 0 Å². The van der Waals surface area contributed by atoms with E-state index in [1.807, 2.05) is 0 Å². The summed E-state index contributed by atoms with van der Waals surface area (Å²) in [5.74, 6) is 0. The van der Waals surface area contributed by atoms with Crippen molar-refractivity contribution in [2.75, 3.05) is 13.1 Å². The van der Waals surface area contributed by atoms with Gasteiger partial charge in [0.05, 0.1) is 6.54 Å². The number of nitrogens with zero attached hydrogens (tertiary/aromatic N) is 1. The van der Waals surface area contributed by atoms with Crippen LogP contribution >= 0.6 is 23.6 Å². The molecule has 0 aromatic carbocycles. The molecule has 14 heavy (non-hydrogen) atoms. The molecule has 1 aliphatic rings. The van der Waals surface area contributed by atoms with E-state index in [1.165, 1.54) is 10.6 Å². The minimum atomic E-state index is 0.843. The number of hydrogen-bond donors (Lipinski definition) is 1. The summed E-state index contributed by atoms with van der Waals surface area (Å²) in [5, 5.41) is 6.14. The maximum absolute atomic E-state index is 5.19. The molecular weight excluding hydrogens is 212 g/mol. The molecule has 2 nitrogen and oxygen atoms in total. The van der Waals surface area contributed by atoms with Gasteiger partial charge in [-0.05, 0) is 36.7 Å². The summed E-state index contributed by atoms with van der Waals surface area (Å²) in [6, 6.07) is 4.17. The van der Waals surface area contributed by atoms with Crippen LogP contribution in [0.1, 0.15) is 11.8 Å². The summed E-state index contributed by atoms with van der Waals surface area (Å²) >= 11 is 6.93. The Hall–Kier alpha value is -0.870. The Balaban J connectivity index is 2.12. The van der Waals surface area contributed by atoms with Crippen LogP contribution in [0.4, 0.5) is 0 Å². The quantitative estimate of drug-likeness (QED) is 0.776. The van der Waals surface area contributed by atoms with Gasteiger partial charge < -0.3 is 10.2 Å². The van der Waals surface area contributed by atoms with Crippen molar-refractivity contribution in [2.24, 2.45) is 0 Å². The summed E-state index contributed by atoms with van der Waals surface area (Å²) < 4.78 is 0. The summed E-state index contributed by atoms with van der Waals surface area (Å²) in [7, 11) is 0. The fourth-order valence-electron chi connectivity index (χ4n) is 1.42. The van der Waals surface area contributed by atoms with Crippen LogP contribution in [-0.2, 0) is 0 Å². The third kappa shape index (κ3) is 1.96. The number of thiophene rings is 1. The van der Waals surface area contributed by atoms with Crippen LogP contribution in [0.15, 0.2) is 23.2 Å². The smallest absolute Gasteiger partial charge is 0.173 e. The molecular formula is C10H12N2S2. The van der Waals surface area contributed by atoms with E-state index in [9.17, 15) is 0 Å². The van der Waals surface area contributed by atoms with Crippen molar-refractivity contribution in [3.8, 4) is 0 Å². The average Bonchev–Trinajstić information content (AvgIpc) is 2.76. The lowest BCUT2D eigenvalue weighted by molar-refractivity contribution is 0.510. The Kier molecular flexibility index (Phi) is 2.84. The Labute approximate surface area is 93.2 Å². The van der Waals surface area contributed by atoms with Gasteiger partial charge in [0.1, 0.15) is 0 Å². The number of thiocarbonyl (C=S) groups is 1. The van der Waals surface area contributed by atoms with E-state index >= 15 is 0 Å². The largest absolute Gasteiger partial charge is 0.343 e. The molecule has 2 heterocycles. The third-order valence-electron chi connectivity index (χ3n) is 2.16. The molecule has 1 aliphatic heterocycles. The van der Waals surface area contributed by atoms with E-state index in [0.717, 1.165) is 18.2 Å². The molecule has 0 atom stereocenters. The van der Waals surface area contributed by atoms with Crippen molar-refractivity contribution in [3.05, 3.63) is 28.1 Å². The minimum absolute atomic E-state index is 0.843. The standard InChI is InChI=1S/C10H12N2S2/c1-2-12-7-8(11-10(12)13)6-9-4-3-5-14-9/h3-6H,2,7H2,1H3,(H,11,13)/b8-6-. The summed E-state index contributed by atoms with van der Waals surface area (Å²) in [6.07, 6.45) is 2.16. The lowest BCUT2D eigenvalue weighted by atomic mass is 10.3. The monoisotopic (exact) mass is 224 g/mol. The highest BCUT2D eigenvalue weighted by molar-refractivity contribution is 7.80. The molecule has 0 amide bonds. The van der Waals surface area contributed by atoms with Gasteiger partial charge in [0.25, 0.3) is 0 Å². The molecule has 0 bridgehead atoms.